The molecule has 1 aliphatic rings. The second-order valence-corrected chi connectivity index (χ2v) is 5.29. The molecule has 0 saturated heterocycles. The normalized spacial score (nSPS) is 16.2. The van der Waals surface area contributed by atoms with Gasteiger partial charge in [-0.25, -0.2) is 0 Å². The first-order valence-corrected chi connectivity index (χ1v) is 6.59. The Kier molecular flexibility index (Phi) is 3.80. The van der Waals surface area contributed by atoms with Crippen LogP contribution in [0.4, 0.5) is 0 Å². The Morgan fingerprint density at radius 3 is 2.47 bits per heavy atom. The third-order valence-corrected chi connectivity index (χ3v) is 3.75. The van der Waals surface area contributed by atoms with Crippen LogP contribution < -0.4 is 10.1 Å². The van der Waals surface area contributed by atoms with Crippen molar-refractivity contribution in [1.29, 1.82) is 0 Å². The molecular weight excluding hydrogens is 242 g/mol. The van der Waals surface area contributed by atoms with Crippen molar-refractivity contribution in [3.8, 4) is 5.75 Å². The Morgan fingerprint density at radius 1 is 1.37 bits per heavy atom. The summed E-state index contributed by atoms with van der Waals surface area (Å²) in [7, 11) is 1.60. The summed E-state index contributed by atoms with van der Waals surface area (Å²) in [4.78, 5) is 11.6. The van der Waals surface area contributed by atoms with Gasteiger partial charge in [-0.15, -0.1) is 0 Å². The van der Waals surface area contributed by atoms with Crippen LogP contribution >= 0.6 is 0 Å². The molecule has 1 aliphatic carbocycles. The van der Waals surface area contributed by atoms with Crippen LogP contribution in [0.3, 0.4) is 0 Å². The standard InChI is InChI=1S/C15H21NO3/c1-8-7-9(2)12(14(19-4)10(8)3)13(15(17)18)16-11-5-6-11/h7,11,13,16H,5-6H2,1-4H3,(H,17,18). The Bertz CT molecular complexity index is 507. The molecule has 4 nitrogen and oxygen atoms in total. The van der Waals surface area contributed by atoms with Crippen LogP contribution in [0.5, 0.6) is 5.75 Å². The topological polar surface area (TPSA) is 58.6 Å². The van der Waals surface area contributed by atoms with Crippen molar-refractivity contribution >= 4 is 5.97 Å². The number of carbonyl (C=O) groups is 1. The number of hydrogen-bond acceptors (Lipinski definition) is 3. The fourth-order valence-corrected chi connectivity index (χ4v) is 2.46. The number of rotatable bonds is 5. The van der Waals surface area contributed by atoms with Gasteiger partial charge in [0.15, 0.2) is 0 Å². The summed E-state index contributed by atoms with van der Waals surface area (Å²) >= 11 is 0. The lowest BCUT2D eigenvalue weighted by Crippen LogP contribution is -2.31. The van der Waals surface area contributed by atoms with E-state index in [9.17, 15) is 9.90 Å². The minimum Gasteiger partial charge on any atom is -0.496 e. The van der Waals surface area contributed by atoms with E-state index < -0.39 is 12.0 Å². The van der Waals surface area contributed by atoms with Gasteiger partial charge in [-0.2, -0.15) is 0 Å². The van der Waals surface area contributed by atoms with Crippen LogP contribution in [-0.2, 0) is 4.79 Å². The highest BCUT2D eigenvalue weighted by Gasteiger charge is 2.32. The average Bonchev–Trinajstić information content (AvgIpc) is 3.14. The maximum atomic E-state index is 11.6. The molecule has 0 amide bonds. The fourth-order valence-electron chi connectivity index (χ4n) is 2.46. The highest BCUT2D eigenvalue weighted by Crippen LogP contribution is 2.36. The van der Waals surface area contributed by atoms with Crippen LogP contribution in [0, 0.1) is 20.8 Å². The van der Waals surface area contributed by atoms with Gasteiger partial charge in [-0.3, -0.25) is 10.1 Å². The van der Waals surface area contributed by atoms with Gasteiger partial charge < -0.3 is 9.84 Å². The van der Waals surface area contributed by atoms with E-state index in [0.717, 1.165) is 35.1 Å². The number of ether oxygens (including phenoxy) is 1. The zero-order chi connectivity index (χ0) is 14.2. The van der Waals surface area contributed by atoms with Crippen LogP contribution in [0.2, 0.25) is 0 Å². The molecule has 0 aromatic heterocycles. The molecule has 2 N–H and O–H groups in total. The molecule has 1 unspecified atom stereocenters. The summed E-state index contributed by atoms with van der Waals surface area (Å²) in [6.07, 6.45) is 2.10. The van der Waals surface area contributed by atoms with Gasteiger partial charge >= 0.3 is 5.97 Å². The third kappa shape index (κ3) is 2.73. The summed E-state index contributed by atoms with van der Waals surface area (Å²) in [6.45, 7) is 5.92. The van der Waals surface area contributed by atoms with E-state index in [2.05, 4.69) is 5.32 Å². The zero-order valence-corrected chi connectivity index (χ0v) is 11.9. The summed E-state index contributed by atoms with van der Waals surface area (Å²) in [6, 6.07) is 1.66. The quantitative estimate of drug-likeness (QED) is 0.857. The summed E-state index contributed by atoms with van der Waals surface area (Å²) in [5.41, 5.74) is 3.84. The van der Waals surface area contributed by atoms with Gasteiger partial charge in [0, 0.05) is 11.6 Å². The Morgan fingerprint density at radius 2 is 2.00 bits per heavy atom. The Hall–Kier alpha value is -1.55. The first-order chi connectivity index (χ1) is 8.95. The second kappa shape index (κ2) is 5.21. The molecule has 1 aromatic carbocycles. The van der Waals surface area contributed by atoms with E-state index in [4.69, 9.17) is 4.74 Å². The van der Waals surface area contributed by atoms with Crippen LogP contribution in [0.15, 0.2) is 6.07 Å². The predicted molar refractivity (Wildman–Crippen MR) is 73.7 cm³/mol. The molecule has 1 saturated carbocycles. The molecule has 0 spiro atoms. The van der Waals surface area contributed by atoms with Crippen molar-refractivity contribution in [1.82, 2.24) is 5.32 Å². The molecular formula is C15H21NO3. The number of aliphatic carboxylic acids is 1. The molecule has 0 radical (unpaired) electrons. The lowest BCUT2D eigenvalue weighted by atomic mass is 9.94. The number of carboxylic acid groups (broad SMARTS) is 1. The average molecular weight is 263 g/mol. The molecule has 1 fully saturated rings. The first kappa shape index (κ1) is 13.9. The van der Waals surface area contributed by atoms with Gasteiger partial charge in [0.1, 0.15) is 11.8 Å². The minimum atomic E-state index is -0.850. The molecule has 0 aliphatic heterocycles. The minimum absolute atomic E-state index is 0.326. The number of nitrogens with one attached hydrogen (secondary N) is 1. The van der Waals surface area contributed by atoms with Crippen LogP contribution in [0.1, 0.15) is 41.1 Å². The van der Waals surface area contributed by atoms with E-state index in [-0.39, 0.29) is 0 Å². The number of aryl methyl sites for hydroxylation is 2. The van der Waals surface area contributed by atoms with Crippen molar-refractivity contribution < 1.29 is 14.6 Å². The SMILES string of the molecule is COc1c(C)c(C)cc(C)c1C(NC1CC1)C(=O)O. The first-order valence-electron chi connectivity index (χ1n) is 6.59. The summed E-state index contributed by atoms with van der Waals surface area (Å²) < 4.78 is 5.47. The van der Waals surface area contributed by atoms with E-state index >= 15 is 0 Å². The van der Waals surface area contributed by atoms with E-state index in [1.807, 2.05) is 26.8 Å². The van der Waals surface area contributed by atoms with Gasteiger partial charge in [-0.1, -0.05) is 6.07 Å². The Balaban J connectivity index is 2.50. The van der Waals surface area contributed by atoms with Crippen molar-refractivity contribution in [2.24, 2.45) is 0 Å². The van der Waals surface area contributed by atoms with Crippen molar-refractivity contribution in [2.75, 3.05) is 7.11 Å². The molecule has 1 atom stereocenters. The molecule has 1 aromatic rings. The highest BCUT2D eigenvalue weighted by molar-refractivity contribution is 5.78. The van der Waals surface area contributed by atoms with E-state index in [1.165, 1.54) is 0 Å². The second-order valence-electron chi connectivity index (χ2n) is 5.29. The maximum absolute atomic E-state index is 11.6. The smallest absolute Gasteiger partial charge is 0.325 e. The van der Waals surface area contributed by atoms with Gasteiger partial charge in [-0.05, 0) is 50.3 Å². The van der Waals surface area contributed by atoms with Gasteiger partial charge in [0.25, 0.3) is 0 Å². The third-order valence-electron chi connectivity index (χ3n) is 3.75. The maximum Gasteiger partial charge on any atom is 0.325 e. The van der Waals surface area contributed by atoms with Crippen molar-refractivity contribution in [3.05, 3.63) is 28.3 Å². The number of benzene rings is 1. The molecule has 0 bridgehead atoms. The lowest BCUT2D eigenvalue weighted by Gasteiger charge is -2.22. The zero-order valence-electron chi connectivity index (χ0n) is 11.9. The van der Waals surface area contributed by atoms with Crippen molar-refractivity contribution in [3.63, 3.8) is 0 Å². The summed E-state index contributed by atoms with van der Waals surface area (Å²) in [5.74, 6) is -0.158. The number of hydrogen-bond donors (Lipinski definition) is 2. The molecule has 0 heterocycles. The van der Waals surface area contributed by atoms with Crippen LogP contribution in [0.25, 0.3) is 0 Å². The molecule has 2 rings (SSSR count). The fraction of sp³-hybridized carbons (Fsp3) is 0.533. The van der Waals surface area contributed by atoms with Gasteiger partial charge in [0.2, 0.25) is 0 Å². The monoisotopic (exact) mass is 263 g/mol. The number of methoxy groups -OCH3 is 1. The molecule has 104 valence electrons. The molecule has 19 heavy (non-hydrogen) atoms. The van der Waals surface area contributed by atoms with Crippen LogP contribution in [-0.4, -0.2) is 24.2 Å². The molecule has 4 heteroatoms. The van der Waals surface area contributed by atoms with Crippen molar-refractivity contribution in [2.45, 2.75) is 45.7 Å². The highest BCUT2D eigenvalue weighted by atomic mass is 16.5. The predicted octanol–water partition coefficient (Wildman–Crippen LogP) is 2.50. The van der Waals surface area contributed by atoms with E-state index in [0.29, 0.717) is 11.8 Å². The Labute approximate surface area is 113 Å². The largest absolute Gasteiger partial charge is 0.496 e. The van der Waals surface area contributed by atoms with E-state index in [1.54, 1.807) is 7.11 Å². The summed E-state index contributed by atoms with van der Waals surface area (Å²) in [5, 5.41) is 12.7. The van der Waals surface area contributed by atoms with Gasteiger partial charge in [0.05, 0.1) is 7.11 Å². The lowest BCUT2D eigenvalue weighted by molar-refractivity contribution is -0.139. The number of carboxylic acids is 1.